The second-order valence-electron chi connectivity index (χ2n) is 5.06. The highest BCUT2D eigenvalue weighted by Gasteiger charge is 2.19. The molecule has 0 saturated heterocycles. The topological polar surface area (TPSA) is 40.7 Å². The predicted octanol–water partition coefficient (Wildman–Crippen LogP) is 2.96. The number of aryl methyl sites for hydroxylation is 1. The smallest absolute Gasteiger partial charge is 0.166 e. The first-order chi connectivity index (χ1) is 8.81. The van der Waals surface area contributed by atoms with Gasteiger partial charge >= 0.3 is 0 Å². The number of rotatable bonds is 6. The summed E-state index contributed by atoms with van der Waals surface area (Å²) in [5.74, 6) is 2.04. The molecular formula is C14H19N3S. The molecule has 0 aliphatic heterocycles. The zero-order valence-electron chi connectivity index (χ0n) is 10.7. The molecule has 96 valence electrons. The maximum atomic E-state index is 4.58. The van der Waals surface area contributed by atoms with Gasteiger partial charge < -0.3 is 10.3 Å². The van der Waals surface area contributed by atoms with Crippen molar-refractivity contribution in [1.29, 1.82) is 0 Å². The molecule has 0 spiro atoms. The Morgan fingerprint density at radius 1 is 1.44 bits per heavy atom. The first kappa shape index (κ1) is 12.1. The fraction of sp³-hybridized carbons (Fsp3) is 0.500. The van der Waals surface area contributed by atoms with Crippen molar-refractivity contribution in [3.63, 3.8) is 0 Å². The van der Waals surface area contributed by atoms with E-state index in [9.17, 15) is 0 Å². The first-order valence-corrected chi connectivity index (χ1v) is 7.60. The lowest BCUT2D eigenvalue weighted by Gasteiger charge is -2.01. The van der Waals surface area contributed by atoms with Gasteiger partial charge in [-0.25, -0.2) is 4.98 Å². The minimum absolute atomic E-state index is 0.962. The lowest BCUT2D eigenvalue weighted by atomic mass is 10.2. The second-order valence-corrected chi connectivity index (χ2v) is 6.14. The number of fused-ring (bicyclic) bond motifs is 1. The Bertz CT molecular complexity index is 531. The minimum atomic E-state index is 0.962. The molecule has 3 nitrogen and oxygen atoms in total. The molecular weight excluding hydrogens is 242 g/mol. The van der Waals surface area contributed by atoms with Gasteiger partial charge in [0.2, 0.25) is 0 Å². The first-order valence-electron chi connectivity index (χ1n) is 6.61. The number of aromatic amines is 1. The average Bonchev–Trinajstić information content (AvgIpc) is 3.08. The molecule has 1 aliphatic rings. The van der Waals surface area contributed by atoms with Crippen LogP contribution < -0.4 is 5.32 Å². The van der Waals surface area contributed by atoms with Gasteiger partial charge in [0.1, 0.15) is 0 Å². The Hall–Kier alpha value is -1.00. The van der Waals surface area contributed by atoms with Crippen LogP contribution in [0, 0.1) is 12.8 Å². The molecule has 1 saturated carbocycles. The fourth-order valence-corrected chi connectivity index (χ4v) is 2.80. The molecule has 0 atom stereocenters. The van der Waals surface area contributed by atoms with Gasteiger partial charge in [0.15, 0.2) is 5.16 Å². The van der Waals surface area contributed by atoms with Gasteiger partial charge in [0, 0.05) is 12.3 Å². The third-order valence-electron chi connectivity index (χ3n) is 3.26. The Morgan fingerprint density at radius 2 is 2.33 bits per heavy atom. The number of imidazole rings is 1. The van der Waals surface area contributed by atoms with Crippen LogP contribution in [0.3, 0.4) is 0 Å². The molecule has 1 aliphatic carbocycles. The Balaban J connectivity index is 1.50. The number of thioether (sulfide) groups is 1. The van der Waals surface area contributed by atoms with Crippen molar-refractivity contribution >= 4 is 22.8 Å². The van der Waals surface area contributed by atoms with Gasteiger partial charge in [-0.3, -0.25) is 0 Å². The van der Waals surface area contributed by atoms with E-state index in [0.29, 0.717) is 0 Å². The van der Waals surface area contributed by atoms with Crippen molar-refractivity contribution in [1.82, 2.24) is 15.3 Å². The maximum Gasteiger partial charge on any atom is 0.166 e. The SMILES string of the molecule is Cc1ccc2nc(SCCNCC3CC3)[nH]c2c1. The standard InChI is InChI=1S/C14H19N3S/c1-10-2-5-12-13(8-10)17-14(16-12)18-7-6-15-9-11-3-4-11/h2,5,8,11,15H,3-4,6-7,9H2,1H3,(H,16,17). The normalized spacial score (nSPS) is 15.4. The van der Waals surface area contributed by atoms with Gasteiger partial charge in [-0.2, -0.15) is 0 Å². The van der Waals surface area contributed by atoms with Gasteiger partial charge in [0.25, 0.3) is 0 Å². The van der Waals surface area contributed by atoms with Gasteiger partial charge in [-0.05, 0) is 49.9 Å². The molecule has 3 rings (SSSR count). The predicted molar refractivity (Wildman–Crippen MR) is 77.1 cm³/mol. The van der Waals surface area contributed by atoms with E-state index in [2.05, 4.69) is 40.4 Å². The minimum Gasteiger partial charge on any atom is -0.333 e. The van der Waals surface area contributed by atoms with E-state index < -0.39 is 0 Å². The van der Waals surface area contributed by atoms with Crippen LogP contribution in [0.4, 0.5) is 0 Å². The van der Waals surface area contributed by atoms with E-state index in [4.69, 9.17) is 0 Å². The highest BCUT2D eigenvalue weighted by atomic mass is 32.2. The molecule has 0 bridgehead atoms. The summed E-state index contributed by atoms with van der Waals surface area (Å²) in [5.41, 5.74) is 3.48. The number of hydrogen-bond donors (Lipinski definition) is 2. The van der Waals surface area contributed by atoms with E-state index in [0.717, 1.165) is 34.4 Å². The van der Waals surface area contributed by atoms with Crippen LogP contribution in [-0.4, -0.2) is 28.8 Å². The summed E-state index contributed by atoms with van der Waals surface area (Å²) in [5, 5.41) is 4.53. The van der Waals surface area contributed by atoms with Gasteiger partial charge in [-0.15, -0.1) is 0 Å². The molecule has 2 N–H and O–H groups in total. The molecule has 0 unspecified atom stereocenters. The van der Waals surface area contributed by atoms with E-state index in [-0.39, 0.29) is 0 Å². The third-order valence-corrected chi connectivity index (χ3v) is 4.14. The zero-order valence-corrected chi connectivity index (χ0v) is 11.5. The number of benzene rings is 1. The van der Waals surface area contributed by atoms with Crippen LogP contribution in [0.5, 0.6) is 0 Å². The number of H-pyrrole nitrogens is 1. The molecule has 1 fully saturated rings. The molecule has 0 radical (unpaired) electrons. The summed E-state index contributed by atoms with van der Waals surface area (Å²) in [4.78, 5) is 7.95. The maximum absolute atomic E-state index is 4.58. The molecule has 1 heterocycles. The molecule has 0 amide bonds. The lowest BCUT2D eigenvalue weighted by molar-refractivity contribution is 0.665. The van der Waals surface area contributed by atoms with E-state index in [1.54, 1.807) is 11.8 Å². The van der Waals surface area contributed by atoms with Crippen LogP contribution >= 0.6 is 11.8 Å². The van der Waals surface area contributed by atoms with E-state index in [1.807, 2.05) is 0 Å². The van der Waals surface area contributed by atoms with Crippen molar-refractivity contribution < 1.29 is 0 Å². The van der Waals surface area contributed by atoms with Gasteiger partial charge in [-0.1, -0.05) is 17.8 Å². The highest BCUT2D eigenvalue weighted by molar-refractivity contribution is 7.99. The average molecular weight is 261 g/mol. The zero-order chi connectivity index (χ0) is 12.4. The number of aromatic nitrogens is 2. The molecule has 1 aromatic heterocycles. The number of nitrogens with zero attached hydrogens (tertiary/aromatic N) is 1. The third kappa shape index (κ3) is 3.06. The quantitative estimate of drug-likeness (QED) is 0.620. The second kappa shape index (κ2) is 5.33. The molecule has 1 aromatic carbocycles. The van der Waals surface area contributed by atoms with Crippen molar-refractivity contribution in [2.45, 2.75) is 24.9 Å². The van der Waals surface area contributed by atoms with Crippen molar-refractivity contribution in [2.75, 3.05) is 18.8 Å². The van der Waals surface area contributed by atoms with Crippen LogP contribution in [0.25, 0.3) is 11.0 Å². The Labute approximate surface area is 112 Å². The van der Waals surface area contributed by atoms with Crippen molar-refractivity contribution in [3.8, 4) is 0 Å². The Kier molecular flexibility index (Phi) is 3.57. The van der Waals surface area contributed by atoms with E-state index >= 15 is 0 Å². The van der Waals surface area contributed by atoms with Crippen LogP contribution in [-0.2, 0) is 0 Å². The number of hydrogen-bond acceptors (Lipinski definition) is 3. The van der Waals surface area contributed by atoms with Crippen LogP contribution in [0.2, 0.25) is 0 Å². The van der Waals surface area contributed by atoms with E-state index in [1.165, 1.54) is 24.9 Å². The summed E-state index contributed by atoms with van der Waals surface area (Å²) in [6.45, 7) is 4.37. The van der Waals surface area contributed by atoms with Gasteiger partial charge in [0.05, 0.1) is 11.0 Å². The molecule has 4 heteroatoms. The molecule has 2 aromatic rings. The summed E-state index contributed by atoms with van der Waals surface area (Å²) in [7, 11) is 0. The Morgan fingerprint density at radius 3 is 3.17 bits per heavy atom. The van der Waals surface area contributed by atoms with Crippen LogP contribution in [0.15, 0.2) is 23.4 Å². The van der Waals surface area contributed by atoms with Crippen molar-refractivity contribution in [3.05, 3.63) is 23.8 Å². The number of nitrogens with one attached hydrogen (secondary N) is 2. The molecule has 18 heavy (non-hydrogen) atoms. The summed E-state index contributed by atoms with van der Waals surface area (Å²) < 4.78 is 0. The summed E-state index contributed by atoms with van der Waals surface area (Å²) >= 11 is 1.79. The largest absolute Gasteiger partial charge is 0.333 e. The van der Waals surface area contributed by atoms with Crippen LogP contribution in [0.1, 0.15) is 18.4 Å². The monoisotopic (exact) mass is 261 g/mol. The lowest BCUT2D eigenvalue weighted by Crippen LogP contribution is -2.19. The summed E-state index contributed by atoms with van der Waals surface area (Å²) in [6, 6.07) is 6.34. The highest BCUT2D eigenvalue weighted by Crippen LogP contribution is 2.27. The summed E-state index contributed by atoms with van der Waals surface area (Å²) in [6.07, 6.45) is 2.84. The van der Waals surface area contributed by atoms with Crippen molar-refractivity contribution in [2.24, 2.45) is 5.92 Å². The fourth-order valence-electron chi connectivity index (χ4n) is 2.02.